The standard InChI is InChI=1S/C30H36O9/c1-8-9-10-11-12-18(31)23-25(30(33)34)22(17-13-14-19(35-3)20(15-17)36-4)24-21(26(23)32)16(2)27(37-5)29(39-7)28(24)38-6/h13-15,32H,8-12H2,1-7H3,(H,33,34). The lowest BCUT2D eigenvalue weighted by atomic mass is 9.84. The van der Waals surface area contributed by atoms with Gasteiger partial charge < -0.3 is 33.9 Å². The van der Waals surface area contributed by atoms with E-state index in [0.717, 1.165) is 19.3 Å². The van der Waals surface area contributed by atoms with Gasteiger partial charge in [0.25, 0.3) is 0 Å². The first-order valence-electron chi connectivity index (χ1n) is 12.7. The summed E-state index contributed by atoms with van der Waals surface area (Å²) in [5.41, 5.74) is 0.460. The molecule has 39 heavy (non-hydrogen) atoms. The molecule has 0 saturated carbocycles. The van der Waals surface area contributed by atoms with Gasteiger partial charge in [-0.15, -0.1) is 0 Å². The summed E-state index contributed by atoms with van der Waals surface area (Å²) in [4.78, 5) is 26.5. The van der Waals surface area contributed by atoms with E-state index in [0.29, 0.717) is 34.8 Å². The Hall–Kier alpha value is -4.14. The number of carbonyl (C=O) groups is 2. The van der Waals surface area contributed by atoms with Gasteiger partial charge in [0.05, 0.1) is 46.7 Å². The number of phenols is 1. The summed E-state index contributed by atoms with van der Waals surface area (Å²) in [6, 6.07) is 4.93. The first-order chi connectivity index (χ1) is 18.7. The molecule has 2 N–H and O–H groups in total. The fraction of sp³-hybridized carbons (Fsp3) is 0.400. The Morgan fingerprint density at radius 1 is 0.769 bits per heavy atom. The lowest BCUT2D eigenvalue weighted by molar-refractivity contribution is 0.0692. The molecule has 3 aromatic rings. The summed E-state index contributed by atoms with van der Waals surface area (Å²) in [5, 5.41) is 22.6. The fourth-order valence-electron chi connectivity index (χ4n) is 5.06. The van der Waals surface area contributed by atoms with E-state index in [4.69, 9.17) is 23.7 Å². The van der Waals surface area contributed by atoms with Gasteiger partial charge >= 0.3 is 5.97 Å². The summed E-state index contributed by atoms with van der Waals surface area (Å²) in [5.74, 6) is -0.808. The molecule has 0 spiro atoms. The normalized spacial score (nSPS) is 10.8. The van der Waals surface area contributed by atoms with Crippen LogP contribution in [0.25, 0.3) is 21.9 Å². The zero-order chi connectivity index (χ0) is 28.9. The zero-order valence-corrected chi connectivity index (χ0v) is 23.5. The third-order valence-corrected chi connectivity index (χ3v) is 6.86. The maximum atomic E-state index is 13.6. The minimum atomic E-state index is -1.37. The number of carbonyl (C=O) groups excluding carboxylic acids is 1. The second kappa shape index (κ2) is 12.6. The third-order valence-electron chi connectivity index (χ3n) is 6.86. The molecular formula is C30H36O9. The van der Waals surface area contributed by atoms with Gasteiger partial charge in [0.15, 0.2) is 28.8 Å². The van der Waals surface area contributed by atoms with Crippen LogP contribution in [0.1, 0.15) is 65.3 Å². The number of ether oxygens (including phenoxy) is 5. The predicted octanol–water partition coefficient (Wildman–Crippen LogP) is 6.42. The number of carboxylic acid groups (broad SMARTS) is 1. The second-order valence-corrected chi connectivity index (χ2v) is 9.06. The van der Waals surface area contributed by atoms with Gasteiger partial charge in [0.1, 0.15) is 5.75 Å². The molecule has 9 heteroatoms. The molecule has 0 atom stereocenters. The summed E-state index contributed by atoms with van der Waals surface area (Å²) in [7, 11) is 7.27. The highest BCUT2D eigenvalue weighted by Gasteiger charge is 2.34. The smallest absolute Gasteiger partial charge is 0.337 e. The van der Waals surface area contributed by atoms with Gasteiger partial charge in [0, 0.05) is 28.3 Å². The van der Waals surface area contributed by atoms with E-state index in [1.54, 1.807) is 25.1 Å². The number of aryl methyl sites for hydroxylation is 1. The SMILES string of the molecule is CCCCCCC(=O)c1c(C(=O)O)c(-c2ccc(OC)c(OC)c2)c2c(OC)c(OC)c(OC)c(C)c2c1O. The largest absolute Gasteiger partial charge is 0.506 e. The van der Waals surface area contributed by atoms with Crippen molar-refractivity contribution in [2.45, 2.75) is 46.0 Å². The van der Waals surface area contributed by atoms with Crippen LogP contribution < -0.4 is 23.7 Å². The number of Topliss-reactive ketones (excluding diaryl/α,β-unsaturated/α-hetero) is 1. The van der Waals surface area contributed by atoms with Crippen molar-refractivity contribution in [2.75, 3.05) is 35.5 Å². The summed E-state index contributed by atoms with van der Waals surface area (Å²) in [6.07, 6.45) is 3.42. The van der Waals surface area contributed by atoms with Crippen LogP contribution in [0.4, 0.5) is 0 Å². The van der Waals surface area contributed by atoms with Crippen molar-refractivity contribution in [3.05, 3.63) is 34.9 Å². The van der Waals surface area contributed by atoms with Crippen LogP contribution in [0.5, 0.6) is 34.5 Å². The van der Waals surface area contributed by atoms with Gasteiger partial charge in [-0.05, 0) is 31.0 Å². The Labute approximate surface area is 228 Å². The predicted molar refractivity (Wildman–Crippen MR) is 149 cm³/mol. The molecule has 0 saturated heterocycles. The molecule has 3 aromatic carbocycles. The molecule has 0 aromatic heterocycles. The van der Waals surface area contributed by atoms with Gasteiger partial charge in [-0.3, -0.25) is 4.79 Å². The van der Waals surface area contributed by atoms with Gasteiger partial charge in [-0.1, -0.05) is 32.3 Å². The number of methoxy groups -OCH3 is 5. The van der Waals surface area contributed by atoms with Crippen LogP contribution in [0.15, 0.2) is 18.2 Å². The van der Waals surface area contributed by atoms with Crippen molar-refractivity contribution in [3.8, 4) is 45.6 Å². The Bertz CT molecular complexity index is 1390. The number of aromatic carboxylic acids is 1. The lowest BCUT2D eigenvalue weighted by Crippen LogP contribution is -2.13. The van der Waals surface area contributed by atoms with E-state index in [9.17, 15) is 19.8 Å². The monoisotopic (exact) mass is 540 g/mol. The number of hydrogen-bond donors (Lipinski definition) is 2. The van der Waals surface area contributed by atoms with E-state index in [-0.39, 0.29) is 45.4 Å². The maximum absolute atomic E-state index is 13.6. The van der Waals surface area contributed by atoms with Crippen molar-refractivity contribution in [1.29, 1.82) is 0 Å². The minimum absolute atomic E-state index is 0.0915. The van der Waals surface area contributed by atoms with Gasteiger partial charge in [-0.2, -0.15) is 0 Å². The van der Waals surface area contributed by atoms with Crippen LogP contribution in [0.3, 0.4) is 0 Å². The lowest BCUT2D eigenvalue weighted by Gasteiger charge is -2.24. The molecule has 0 heterocycles. The molecule has 0 radical (unpaired) electrons. The molecule has 0 aliphatic heterocycles. The Morgan fingerprint density at radius 2 is 1.41 bits per heavy atom. The van der Waals surface area contributed by atoms with Crippen molar-refractivity contribution in [3.63, 3.8) is 0 Å². The maximum Gasteiger partial charge on any atom is 0.337 e. The molecule has 0 aliphatic carbocycles. The van der Waals surface area contributed by atoms with Crippen molar-refractivity contribution in [2.24, 2.45) is 0 Å². The Morgan fingerprint density at radius 3 is 1.95 bits per heavy atom. The van der Waals surface area contributed by atoms with Crippen LogP contribution in [-0.4, -0.2) is 57.5 Å². The number of benzene rings is 3. The average Bonchev–Trinajstić information content (AvgIpc) is 2.93. The van der Waals surface area contributed by atoms with Crippen LogP contribution >= 0.6 is 0 Å². The van der Waals surface area contributed by atoms with Crippen LogP contribution in [0.2, 0.25) is 0 Å². The number of hydrogen-bond acceptors (Lipinski definition) is 8. The molecule has 0 bridgehead atoms. The van der Waals surface area contributed by atoms with Crippen LogP contribution in [-0.2, 0) is 0 Å². The summed E-state index contributed by atoms with van der Waals surface area (Å²) in [6.45, 7) is 3.77. The number of phenolic OH excluding ortho intramolecular Hbond substituents is 1. The molecular weight excluding hydrogens is 504 g/mol. The van der Waals surface area contributed by atoms with E-state index < -0.39 is 17.5 Å². The highest BCUT2D eigenvalue weighted by Crippen LogP contribution is 2.54. The van der Waals surface area contributed by atoms with Crippen molar-refractivity contribution < 1.29 is 43.5 Å². The first kappa shape index (κ1) is 29.4. The molecule has 0 aliphatic rings. The number of rotatable bonds is 13. The van der Waals surface area contributed by atoms with Crippen molar-refractivity contribution >= 4 is 22.5 Å². The number of ketones is 1. The Balaban J connectivity index is 2.60. The summed E-state index contributed by atoms with van der Waals surface area (Å²) >= 11 is 0. The third kappa shape index (κ3) is 5.26. The molecule has 0 fully saturated rings. The van der Waals surface area contributed by atoms with Crippen LogP contribution in [0, 0.1) is 6.92 Å². The minimum Gasteiger partial charge on any atom is -0.506 e. The van der Waals surface area contributed by atoms with E-state index in [1.165, 1.54) is 35.5 Å². The second-order valence-electron chi connectivity index (χ2n) is 9.06. The molecule has 0 amide bonds. The average molecular weight is 541 g/mol. The number of carboxylic acids is 1. The zero-order valence-electron chi connectivity index (χ0n) is 23.5. The van der Waals surface area contributed by atoms with E-state index >= 15 is 0 Å². The van der Waals surface area contributed by atoms with E-state index in [2.05, 4.69) is 6.92 Å². The molecule has 210 valence electrons. The highest BCUT2D eigenvalue weighted by atomic mass is 16.5. The number of unbranched alkanes of at least 4 members (excludes halogenated alkanes) is 3. The molecule has 0 unspecified atom stereocenters. The van der Waals surface area contributed by atoms with Gasteiger partial charge in [-0.25, -0.2) is 4.79 Å². The van der Waals surface area contributed by atoms with E-state index in [1.807, 2.05) is 0 Å². The molecule has 3 rings (SSSR count). The molecule has 9 nitrogen and oxygen atoms in total. The first-order valence-corrected chi connectivity index (χ1v) is 12.7. The number of fused-ring (bicyclic) bond motifs is 1. The topological polar surface area (TPSA) is 121 Å². The van der Waals surface area contributed by atoms with Gasteiger partial charge in [0.2, 0.25) is 5.75 Å². The Kier molecular flexibility index (Phi) is 9.51. The summed E-state index contributed by atoms with van der Waals surface area (Å²) < 4.78 is 27.8. The van der Waals surface area contributed by atoms with Crippen molar-refractivity contribution in [1.82, 2.24) is 0 Å². The highest BCUT2D eigenvalue weighted by molar-refractivity contribution is 6.22. The number of aromatic hydroxyl groups is 1. The quantitative estimate of drug-likeness (QED) is 0.187. The fourth-order valence-corrected chi connectivity index (χ4v) is 5.06.